The van der Waals surface area contributed by atoms with Crippen LogP contribution in [-0.4, -0.2) is 96.7 Å². The van der Waals surface area contributed by atoms with Crippen LogP contribution in [0, 0.1) is 23.7 Å². The third kappa shape index (κ3) is 86.8. The maximum atomic E-state index is 13.2. The lowest BCUT2D eigenvalue weighted by Crippen LogP contribution is -2.30. The van der Waals surface area contributed by atoms with E-state index < -0.39 is 97.5 Å². The average molecular weight is 1680 g/mol. The standard InChI is InChI=1S/C96H188O17P2/c1-9-88(7)74-66-58-50-42-34-28-22-15-11-13-17-24-30-36-44-52-60-68-76-93(98)106-82-91(112-95(100)78-70-62-54-45-37-31-25-18-14-12-16-23-29-35-43-51-59-67-75-89(8)10-2)84-110-114(102,103)108-80-90(97)81-109-115(104,105)111-85-92(83-107-94(99)77-69-61-53-47-39-41-49-57-65-73-87(5)6)113-96(101)79-71-63-55-46-38-32-26-20-19-21-27-33-40-48-56-64-72-86(3)4/h86-92,97H,9-85H2,1-8H3,(H,102,103)(H,104,105)/t88?,89?,90-,91-,92-/m1/s1. The molecule has 0 fully saturated rings. The van der Waals surface area contributed by atoms with Gasteiger partial charge in [0, 0.05) is 25.7 Å². The van der Waals surface area contributed by atoms with E-state index >= 15 is 0 Å². The van der Waals surface area contributed by atoms with Crippen LogP contribution in [0.2, 0.25) is 0 Å². The second-order valence-electron chi connectivity index (χ2n) is 35.9. The molecule has 0 aliphatic rings. The van der Waals surface area contributed by atoms with E-state index in [9.17, 15) is 43.2 Å². The SMILES string of the molecule is CCC(C)CCCCCCCCCCCCCCCCCCCCC(=O)OC[C@H](COP(=O)(O)OC[C@@H](O)COP(=O)(O)OC[C@@H](COC(=O)CCCCCCCCCCCC(C)C)OC(=O)CCCCCCCCCCCCCCCCCCC(C)C)OC(=O)CCCCCCCCCCCCCCCCCCCCC(C)CC. The fourth-order valence-corrected chi connectivity index (χ4v) is 16.6. The molecule has 0 rings (SSSR count). The smallest absolute Gasteiger partial charge is 0.462 e. The summed E-state index contributed by atoms with van der Waals surface area (Å²) in [6.45, 7) is 14.5. The van der Waals surface area contributed by atoms with Gasteiger partial charge < -0.3 is 33.8 Å². The second kappa shape index (κ2) is 84.3. The molecule has 0 aliphatic carbocycles. The fraction of sp³-hybridized carbons (Fsp3) is 0.958. The average Bonchev–Trinajstić information content (AvgIpc) is 0.899. The number of esters is 4. The summed E-state index contributed by atoms with van der Waals surface area (Å²) in [7, 11) is -9.94. The second-order valence-corrected chi connectivity index (χ2v) is 38.8. The molecular formula is C96H188O17P2. The Kier molecular flexibility index (Phi) is 82.9. The molecule has 0 aliphatic heterocycles. The molecule has 0 aromatic rings. The van der Waals surface area contributed by atoms with Crippen molar-refractivity contribution in [2.45, 2.75) is 530 Å². The van der Waals surface area contributed by atoms with Crippen LogP contribution in [0.1, 0.15) is 511 Å². The number of phosphoric acid groups is 2. The fourth-order valence-electron chi connectivity index (χ4n) is 15.0. The molecule has 17 nitrogen and oxygen atoms in total. The summed E-state index contributed by atoms with van der Waals surface area (Å²) in [5.74, 6) is 1.20. The van der Waals surface area contributed by atoms with Gasteiger partial charge in [0.15, 0.2) is 12.2 Å². The summed E-state index contributed by atoms with van der Waals surface area (Å²) in [5, 5.41) is 10.7. The number of hydrogen-bond acceptors (Lipinski definition) is 15. The molecule has 4 unspecified atom stereocenters. The highest BCUT2D eigenvalue weighted by atomic mass is 31.2. The first-order valence-electron chi connectivity index (χ1n) is 49.3. The summed E-state index contributed by atoms with van der Waals surface area (Å²) < 4.78 is 69.2. The molecule has 684 valence electrons. The van der Waals surface area contributed by atoms with E-state index in [1.54, 1.807) is 0 Å². The van der Waals surface area contributed by atoms with Gasteiger partial charge in [-0.2, -0.15) is 0 Å². The van der Waals surface area contributed by atoms with Crippen LogP contribution in [0.25, 0.3) is 0 Å². The largest absolute Gasteiger partial charge is 0.472 e. The quantitative estimate of drug-likeness (QED) is 0.0222. The number of phosphoric ester groups is 2. The van der Waals surface area contributed by atoms with Crippen LogP contribution in [0.4, 0.5) is 0 Å². The molecule has 19 heteroatoms. The topological polar surface area (TPSA) is 237 Å². The Bertz CT molecular complexity index is 2220. The number of rotatable bonds is 93. The van der Waals surface area contributed by atoms with Crippen molar-refractivity contribution in [1.82, 2.24) is 0 Å². The number of carbonyl (C=O) groups excluding carboxylic acids is 4. The van der Waals surface area contributed by atoms with E-state index in [2.05, 4.69) is 55.4 Å². The van der Waals surface area contributed by atoms with Crippen molar-refractivity contribution in [3.05, 3.63) is 0 Å². The Morgan fingerprint density at radius 1 is 0.243 bits per heavy atom. The molecule has 0 saturated heterocycles. The van der Waals surface area contributed by atoms with Gasteiger partial charge in [0.25, 0.3) is 0 Å². The molecule has 0 bridgehead atoms. The Hall–Kier alpha value is -1.94. The van der Waals surface area contributed by atoms with Crippen LogP contribution < -0.4 is 0 Å². The van der Waals surface area contributed by atoms with Crippen molar-refractivity contribution < 1.29 is 80.2 Å². The number of aliphatic hydroxyl groups is 1. The maximum absolute atomic E-state index is 13.2. The van der Waals surface area contributed by atoms with E-state index in [0.29, 0.717) is 25.7 Å². The summed E-state index contributed by atoms with van der Waals surface area (Å²) in [6, 6.07) is 0. The third-order valence-corrected chi connectivity index (χ3v) is 25.2. The molecular weight excluding hydrogens is 1490 g/mol. The minimum Gasteiger partial charge on any atom is -0.462 e. The molecule has 3 N–H and O–H groups in total. The van der Waals surface area contributed by atoms with Crippen LogP contribution in [-0.2, 0) is 65.4 Å². The van der Waals surface area contributed by atoms with E-state index in [0.717, 1.165) is 114 Å². The van der Waals surface area contributed by atoms with Crippen LogP contribution in [0.15, 0.2) is 0 Å². The molecule has 0 aromatic carbocycles. The zero-order chi connectivity index (χ0) is 84.5. The van der Waals surface area contributed by atoms with Crippen molar-refractivity contribution in [1.29, 1.82) is 0 Å². The highest BCUT2D eigenvalue weighted by molar-refractivity contribution is 7.47. The van der Waals surface area contributed by atoms with E-state index in [4.69, 9.17) is 37.0 Å². The van der Waals surface area contributed by atoms with Gasteiger partial charge in [-0.1, -0.05) is 460 Å². The molecule has 0 heterocycles. The monoisotopic (exact) mass is 1680 g/mol. The lowest BCUT2D eigenvalue weighted by Gasteiger charge is -2.21. The summed E-state index contributed by atoms with van der Waals surface area (Å²) in [4.78, 5) is 73.6. The lowest BCUT2D eigenvalue weighted by atomic mass is 9.99. The number of unbranched alkanes of at least 4 members (excludes halogenated alkanes) is 57. The van der Waals surface area contributed by atoms with Gasteiger partial charge in [-0.05, 0) is 49.4 Å². The van der Waals surface area contributed by atoms with Gasteiger partial charge in [-0.3, -0.25) is 37.3 Å². The van der Waals surface area contributed by atoms with E-state index in [-0.39, 0.29) is 25.7 Å². The van der Waals surface area contributed by atoms with E-state index in [1.807, 2.05) is 0 Å². The predicted molar refractivity (Wildman–Crippen MR) is 478 cm³/mol. The predicted octanol–water partition coefficient (Wildman–Crippen LogP) is 29.8. The van der Waals surface area contributed by atoms with Gasteiger partial charge in [-0.25, -0.2) is 9.13 Å². The van der Waals surface area contributed by atoms with Crippen LogP contribution >= 0.6 is 15.6 Å². The highest BCUT2D eigenvalue weighted by Crippen LogP contribution is 2.45. The summed E-state index contributed by atoms with van der Waals surface area (Å²) in [5.41, 5.74) is 0. The minimum atomic E-state index is -4.97. The summed E-state index contributed by atoms with van der Waals surface area (Å²) in [6.07, 6.45) is 77.8. The number of hydrogen-bond donors (Lipinski definition) is 3. The van der Waals surface area contributed by atoms with Gasteiger partial charge in [0.05, 0.1) is 26.4 Å². The summed E-state index contributed by atoms with van der Waals surface area (Å²) >= 11 is 0. The molecule has 0 amide bonds. The Morgan fingerprint density at radius 2 is 0.417 bits per heavy atom. The first-order chi connectivity index (χ1) is 55.7. The first kappa shape index (κ1) is 113. The first-order valence-corrected chi connectivity index (χ1v) is 52.3. The lowest BCUT2D eigenvalue weighted by molar-refractivity contribution is -0.161. The molecule has 0 aromatic heterocycles. The molecule has 7 atom stereocenters. The molecule has 0 radical (unpaired) electrons. The third-order valence-electron chi connectivity index (χ3n) is 23.3. The molecule has 0 spiro atoms. The molecule has 0 saturated carbocycles. The van der Waals surface area contributed by atoms with Crippen molar-refractivity contribution in [3.8, 4) is 0 Å². The van der Waals surface area contributed by atoms with Crippen molar-refractivity contribution in [3.63, 3.8) is 0 Å². The Balaban J connectivity index is 5.25. The zero-order valence-electron chi connectivity index (χ0n) is 76.4. The zero-order valence-corrected chi connectivity index (χ0v) is 78.2. The number of ether oxygens (including phenoxy) is 4. The van der Waals surface area contributed by atoms with E-state index in [1.165, 1.54) is 315 Å². The highest BCUT2D eigenvalue weighted by Gasteiger charge is 2.31. The van der Waals surface area contributed by atoms with Crippen LogP contribution in [0.5, 0.6) is 0 Å². The van der Waals surface area contributed by atoms with Gasteiger partial charge >= 0.3 is 39.5 Å². The maximum Gasteiger partial charge on any atom is 0.472 e. The van der Waals surface area contributed by atoms with Gasteiger partial charge in [-0.15, -0.1) is 0 Å². The number of carbonyl (C=O) groups is 4. The van der Waals surface area contributed by atoms with Gasteiger partial charge in [0.1, 0.15) is 19.3 Å². The van der Waals surface area contributed by atoms with Crippen molar-refractivity contribution >= 4 is 39.5 Å². The van der Waals surface area contributed by atoms with Crippen molar-refractivity contribution in [2.75, 3.05) is 39.6 Å². The number of aliphatic hydroxyl groups excluding tert-OH is 1. The van der Waals surface area contributed by atoms with Crippen molar-refractivity contribution in [2.24, 2.45) is 23.7 Å². The van der Waals surface area contributed by atoms with Crippen LogP contribution in [0.3, 0.4) is 0 Å². The Morgan fingerprint density at radius 3 is 0.617 bits per heavy atom. The Labute approximate surface area is 708 Å². The van der Waals surface area contributed by atoms with Gasteiger partial charge in [0.2, 0.25) is 0 Å². The minimum absolute atomic E-state index is 0.108. The molecule has 115 heavy (non-hydrogen) atoms. The normalized spacial score (nSPS) is 14.2.